The van der Waals surface area contributed by atoms with Gasteiger partial charge in [0.05, 0.1) is 12.1 Å². The highest BCUT2D eigenvalue weighted by Crippen LogP contribution is 2.25. The summed E-state index contributed by atoms with van der Waals surface area (Å²) in [6.07, 6.45) is 1.77. The van der Waals surface area contributed by atoms with Crippen molar-refractivity contribution in [2.45, 2.75) is 6.54 Å². The van der Waals surface area contributed by atoms with Crippen molar-refractivity contribution in [2.75, 3.05) is 7.05 Å². The third kappa shape index (κ3) is 1.84. The second-order valence-electron chi connectivity index (χ2n) is 3.92. The minimum Gasteiger partial charge on any atom is -0.334 e. The molecule has 0 atom stereocenters. The molecular formula is C13H12N4O. The molecule has 2 aromatic heterocycles. The number of nitrogens with one attached hydrogen (secondary N) is 1. The molecular weight excluding hydrogens is 228 g/mol. The summed E-state index contributed by atoms with van der Waals surface area (Å²) in [5.41, 5.74) is 1.83. The Labute approximate surface area is 104 Å². The molecule has 0 unspecified atom stereocenters. The Hall–Kier alpha value is -2.27. The summed E-state index contributed by atoms with van der Waals surface area (Å²) in [5, 5.41) is 7.92. The highest BCUT2D eigenvalue weighted by atomic mass is 16.5. The predicted octanol–water partition coefficient (Wildman–Crippen LogP) is 2.00. The van der Waals surface area contributed by atoms with E-state index in [-0.39, 0.29) is 0 Å². The van der Waals surface area contributed by atoms with E-state index in [4.69, 9.17) is 4.52 Å². The second-order valence-corrected chi connectivity index (χ2v) is 3.92. The van der Waals surface area contributed by atoms with Gasteiger partial charge in [-0.1, -0.05) is 17.3 Å². The van der Waals surface area contributed by atoms with Gasteiger partial charge in [0.15, 0.2) is 5.82 Å². The van der Waals surface area contributed by atoms with E-state index in [0.29, 0.717) is 18.3 Å². The van der Waals surface area contributed by atoms with E-state index in [1.165, 1.54) is 0 Å². The van der Waals surface area contributed by atoms with Crippen LogP contribution in [0.1, 0.15) is 5.82 Å². The first kappa shape index (κ1) is 10.9. The van der Waals surface area contributed by atoms with Crippen LogP contribution in [-0.2, 0) is 6.54 Å². The van der Waals surface area contributed by atoms with Crippen molar-refractivity contribution in [3.05, 3.63) is 42.4 Å². The Balaban J connectivity index is 2.12. The summed E-state index contributed by atoms with van der Waals surface area (Å²) >= 11 is 0. The molecule has 18 heavy (non-hydrogen) atoms. The molecule has 5 heteroatoms. The molecule has 0 fully saturated rings. The first-order valence-electron chi connectivity index (χ1n) is 5.70. The van der Waals surface area contributed by atoms with Crippen molar-refractivity contribution < 1.29 is 4.52 Å². The molecule has 1 aromatic carbocycles. The highest BCUT2D eigenvalue weighted by Gasteiger charge is 2.11. The largest absolute Gasteiger partial charge is 0.334 e. The maximum Gasteiger partial charge on any atom is 0.258 e. The van der Waals surface area contributed by atoms with Gasteiger partial charge in [-0.25, -0.2) is 0 Å². The van der Waals surface area contributed by atoms with Gasteiger partial charge in [-0.2, -0.15) is 4.98 Å². The van der Waals surface area contributed by atoms with Crippen LogP contribution in [0.4, 0.5) is 0 Å². The van der Waals surface area contributed by atoms with Gasteiger partial charge in [-0.3, -0.25) is 4.98 Å². The lowest BCUT2D eigenvalue weighted by Gasteiger charge is -2.00. The molecule has 0 aliphatic carbocycles. The lowest BCUT2D eigenvalue weighted by Crippen LogP contribution is -2.06. The Morgan fingerprint density at radius 2 is 2.17 bits per heavy atom. The van der Waals surface area contributed by atoms with E-state index in [1.807, 2.05) is 37.4 Å². The molecule has 0 radical (unpaired) electrons. The fraction of sp³-hybridized carbons (Fsp3) is 0.154. The second kappa shape index (κ2) is 4.54. The van der Waals surface area contributed by atoms with E-state index < -0.39 is 0 Å². The zero-order valence-electron chi connectivity index (χ0n) is 9.92. The molecule has 0 aliphatic rings. The maximum atomic E-state index is 5.28. The van der Waals surface area contributed by atoms with Gasteiger partial charge < -0.3 is 9.84 Å². The molecule has 1 N–H and O–H groups in total. The highest BCUT2D eigenvalue weighted by molar-refractivity contribution is 5.92. The number of hydrogen-bond acceptors (Lipinski definition) is 5. The third-order valence-corrected chi connectivity index (χ3v) is 2.68. The Kier molecular flexibility index (Phi) is 2.74. The molecule has 3 aromatic rings. The van der Waals surface area contributed by atoms with Crippen molar-refractivity contribution in [3.63, 3.8) is 0 Å². The van der Waals surface area contributed by atoms with Gasteiger partial charge in [-0.05, 0) is 25.2 Å². The van der Waals surface area contributed by atoms with Crippen molar-refractivity contribution in [1.29, 1.82) is 0 Å². The average Bonchev–Trinajstić information content (AvgIpc) is 2.87. The van der Waals surface area contributed by atoms with Crippen LogP contribution in [0.5, 0.6) is 0 Å². The smallest absolute Gasteiger partial charge is 0.258 e. The zero-order valence-corrected chi connectivity index (χ0v) is 9.92. The van der Waals surface area contributed by atoms with Gasteiger partial charge >= 0.3 is 0 Å². The van der Waals surface area contributed by atoms with Gasteiger partial charge in [0.25, 0.3) is 5.89 Å². The maximum absolute atomic E-state index is 5.28. The van der Waals surface area contributed by atoms with Gasteiger partial charge in [-0.15, -0.1) is 0 Å². The molecule has 0 spiro atoms. The topological polar surface area (TPSA) is 63.8 Å². The van der Waals surface area contributed by atoms with Crippen molar-refractivity contribution >= 4 is 10.9 Å². The van der Waals surface area contributed by atoms with Crippen LogP contribution in [0.25, 0.3) is 22.4 Å². The lowest BCUT2D eigenvalue weighted by molar-refractivity contribution is 0.421. The minimum atomic E-state index is 0.527. The van der Waals surface area contributed by atoms with E-state index in [0.717, 1.165) is 16.5 Å². The summed E-state index contributed by atoms with van der Waals surface area (Å²) in [5.74, 6) is 1.17. The van der Waals surface area contributed by atoms with E-state index in [9.17, 15) is 0 Å². The normalized spacial score (nSPS) is 10.9. The summed E-state index contributed by atoms with van der Waals surface area (Å²) in [6.45, 7) is 0.590. The standard InChI is InChI=1S/C13H12N4O/c1-14-8-12-16-13(18-17-12)10-4-2-6-11-9(10)5-3-7-15-11/h2-7,14H,8H2,1H3. The SMILES string of the molecule is CNCc1noc(-c2cccc3ncccc23)n1. The average molecular weight is 240 g/mol. The zero-order chi connectivity index (χ0) is 12.4. The van der Waals surface area contributed by atoms with Crippen molar-refractivity contribution in [1.82, 2.24) is 20.4 Å². The van der Waals surface area contributed by atoms with Crippen molar-refractivity contribution in [3.8, 4) is 11.5 Å². The van der Waals surface area contributed by atoms with Crippen LogP contribution >= 0.6 is 0 Å². The number of hydrogen-bond donors (Lipinski definition) is 1. The molecule has 0 aliphatic heterocycles. The van der Waals surface area contributed by atoms with Crippen LogP contribution in [0, 0.1) is 0 Å². The van der Waals surface area contributed by atoms with Crippen LogP contribution in [0.2, 0.25) is 0 Å². The first-order chi connectivity index (χ1) is 8.88. The Morgan fingerprint density at radius 3 is 3.06 bits per heavy atom. The summed E-state index contributed by atoms with van der Waals surface area (Å²) < 4.78 is 5.28. The van der Waals surface area contributed by atoms with Gasteiger partial charge in [0, 0.05) is 17.1 Å². The Morgan fingerprint density at radius 1 is 1.22 bits per heavy atom. The van der Waals surface area contributed by atoms with Crippen LogP contribution in [-0.4, -0.2) is 22.2 Å². The number of fused-ring (bicyclic) bond motifs is 1. The van der Waals surface area contributed by atoms with Crippen LogP contribution in [0.3, 0.4) is 0 Å². The molecule has 5 nitrogen and oxygen atoms in total. The lowest BCUT2D eigenvalue weighted by atomic mass is 10.1. The van der Waals surface area contributed by atoms with Gasteiger partial charge in [0.1, 0.15) is 0 Å². The molecule has 0 saturated heterocycles. The van der Waals surface area contributed by atoms with Crippen LogP contribution in [0.15, 0.2) is 41.1 Å². The van der Waals surface area contributed by atoms with E-state index in [1.54, 1.807) is 6.20 Å². The molecule has 90 valence electrons. The number of aromatic nitrogens is 3. The minimum absolute atomic E-state index is 0.527. The van der Waals surface area contributed by atoms with Crippen LogP contribution < -0.4 is 5.32 Å². The summed E-state index contributed by atoms with van der Waals surface area (Å²) in [7, 11) is 1.85. The predicted molar refractivity (Wildman–Crippen MR) is 67.8 cm³/mol. The van der Waals surface area contributed by atoms with Gasteiger partial charge in [0.2, 0.25) is 0 Å². The summed E-state index contributed by atoms with van der Waals surface area (Å²) in [6, 6.07) is 9.76. The number of pyridine rings is 1. The van der Waals surface area contributed by atoms with Crippen molar-refractivity contribution in [2.24, 2.45) is 0 Å². The molecule has 3 rings (SSSR count). The molecule has 2 heterocycles. The fourth-order valence-electron chi connectivity index (χ4n) is 1.88. The number of benzene rings is 1. The van der Waals surface area contributed by atoms with E-state index >= 15 is 0 Å². The molecule has 0 bridgehead atoms. The third-order valence-electron chi connectivity index (χ3n) is 2.68. The first-order valence-corrected chi connectivity index (χ1v) is 5.70. The number of nitrogens with zero attached hydrogens (tertiary/aromatic N) is 3. The number of rotatable bonds is 3. The van der Waals surface area contributed by atoms with E-state index in [2.05, 4.69) is 20.4 Å². The summed E-state index contributed by atoms with van der Waals surface area (Å²) in [4.78, 5) is 8.66. The molecule has 0 amide bonds. The Bertz CT molecular complexity index is 672. The monoisotopic (exact) mass is 240 g/mol. The molecule has 0 saturated carbocycles. The fourth-order valence-corrected chi connectivity index (χ4v) is 1.88. The quantitative estimate of drug-likeness (QED) is 0.758.